The summed E-state index contributed by atoms with van der Waals surface area (Å²) >= 11 is 0. The van der Waals surface area contributed by atoms with Crippen LogP contribution < -0.4 is 0 Å². The number of ether oxygens (including phenoxy) is 7. The van der Waals surface area contributed by atoms with E-state index in [-0.39, 0.29) is 54.9 Å². The number of carbonyl (C=O) groups excluding carboxylic acids is 3. The molecule has 4 aliphatic rings. The van der Waals surface area contributed by atoms with E-state index in [1.54, 1.807) is 6.92 Å². The fraction of sp³-hybridized carbons (Fsp3) is 0.897. The summed E-state index contributed by atoms with van der Waals surface area (Å²) in [5.41, 5.74) is 18.4. The summed E-state index contributed by atoms with van der Waals surface area (Å²) in [6.45, 7) is 12.5. The molecule has 0 aromatic rings. The number of azide groups is 2. The van der Waals surface area contributed by atoms with E-state index >= 15 is 0 Å². The van der Waals surface area contributed by atoms with Crippen molar-refractivity contribution in [2.24, 2.45) is 33.9 Å². The standard InChI is InChI=1S/C29H44N6O10/c1-8-18-13(3)14(4)21(32-34-30)28(40-18)44-24-16(6)25(42-20(38)10-9-12(2)36)29(45-26(24)17(7)37)43-23-15(5)22(33-35-31)27-39-11-19(23)41-27/h13-16,18-19,21-29H,8-11H2,1-7H3/t13-,14+,15-,16+,18+,19?,21?,22?,23-,24-,25?,26+,27+,28+,29-/m1/s1. The first-order chi connectivity index (χ1) is 21.4. The lowest BCUT2D eigenvalue weighted by Gasteiger charge is -2.49. The van der Waals surface area contributed by atoms with E-state index in [2.05, 4.69) is 20.1 Å². The molecular formula is C29H44N6O10. The molecule has 0 N–H and O–H groups in total. The van der Waals surface area contributed by atoms with Gasteiger partial charge >= 0.3 is 5.97 Å². The molecule has 0 aliphatic carbocycles. The number of carbonyl (C=O) groups is 3. The first-order valence-electron chi connectivity index (χ1n) is 15.6. The number of ketones is 2. The molecule has 4 saturated heterocycles. The Morgan fingerprint density at radius 1 is 0.800 bits per heavy atom. The second-order valence-electron chi connectivity index (χ2n) is 12.5. The highest BCUT2D eigenvalue weighted by Gasteiger charge is 2.55. The van der Waals surface area contributed by atoms with Gasteiger partial charge in [0.25, 0.3) is 0 Å². The molecule has 0 spiro atoms. The van der Waals surface area contributed by atoms with Gasteiger partial charge in [-0.15, -0.1) is 0 Å². The van der Waals surface area contributed by atoms with Crippen LogP contribution in [0.25, 0.3) is 20.9 Å². The fourth-order valence-electron chi connectivity index (χ4n) is 6.68. The summed E-state index contributed by atoms with van der Waals surface area (Å²) in [4.78, 5) is 43.6. The normalized spacial score (nSPS) is 42.6. The Hall–Kier alpha value is -2.81. The lowest BCUT2D eigenvalue weighted by Crippen LogP contribution is -2.62. The topological polar surface area (TPSA) is 213 Å². The summed E-state index contributed by atoms with van der Waals surface area (Å²) in [5.74, 6) is -2.27. The molecule has 16 nitrogen and oxygen atoms in total. The highest BCUT2D eigenvalue weighted by Crippen LogP contribution is 2.41. The zero-order valence-corrected chi connectivity index (χ0v) is 26.8. The molecule has 0 saturated carbocycles. The van der Waals surface area contributed by atoms with Crippen LogP contribution in [0.5, 0.6) is 0 Å². The third-order valence-electron chi connectivity index (χ3n) is 9.57. The molecule has 45 heavy (non-hydrogen) atoms. The van der Waals surface area contributed by atoms with Crippen LogP contribution in [0.15, 0.2) is 10.2 Å². The summed E-state index contributed by atoms with van der Waals surface area (Å²) in [6, 6.07) is -1.38. The molecule has 15 atom stereocenters. The highest BCUT2D eigenvalue weighted by atomic mass is 16.8. The minimum atomic E-state index is -1.25. The van der Waals surface area contributed by atoms with Crippen LogP contribution in [-0.4, -0.2) is 91.7 Å². The molecule has 4 unspecified atom stereocenters. The largest absolute Gasteiger partial charge is 0.457 e. The van der Waals surface area contributed by atoms with Gasteiger partial charge in [0.05, 0.1) is 37.3 Å². The monoisotopic (exact) mass is 636 g/mol. The van der Waals surface area contributed by atoms with Crippen molar-refractivity contribution in [1.29, 1.82) is 0 Å². The maximum Gasteiger partial charge on any atom is 0.306 e. The average Bonchev–Trinajstić information content (AvgIpc) is 3.44. The molecule has 250 valence electrons. The SMILES string of the molecule is CC[C@@H]1O[C@@H](O[C@@H]2[C@H](C)C(OC(=O)CCC(C)=O)[C@H](O[C@H]3C4CO[C@@H](O4)C(N=[N+]=[N-])[C@H]3C)O[C@H]2C(C)=O)C(N=[N+]=[N-])[C@@H](C)[C@H]1C. The van der Waals surface area contributed by atoms with Crippen LogP contribution in [0.3, 0.4) is 0 Å². The molecule has 0 radical (unpaired) electrons. The van der Waals surface area contributed by atoms with Crippen LogP contribution in [-0.2, 0) is 47.5 Å². The molecule has 4 heterocycles. The summed E-state index contributed by atoms with van der Waals surface area (Å²) < 4.78 is 42.9. The van der Waals surface area contributed by atoms with Gasteiger partial charge in [-0.2, -0.15) is 0 Å². The lowest BCUT2D eigenvalue weighted by molar-refractivity contribution is -0.336. The van der Waals surface area contributed by atoms with Crippen molar-refractivity contribution in [1.82, 2.24) is 0 Å². The molecule has 0 aromatic heterocycles. The Morgan fingerprint density at radius 2 is 1.47 bits per heavy atom. The number of Topliss-reactive ketones (excluding diaryl/α,β-unsaturated/α-hetero) is 2. The van der Waals surface area contributed by atoms with Gasteiger partial charge < -0.3 is 38.0 Å². The molecular weight excluding hydrogens is 592 g/mol. The molecule has 4 rings (SSSR count). The number of fused-ring (bicyclic) bond motifs is 2. The zero-order chi connectivity index (χ0) is 33.0. The van der Waals surface area contributed by atoms with E-state index in [1.807, 2.05) is 27.7 Å². The highest BCUT2D eigenvalue weighted by molar-refractivity contribution is 5.82. The minimum Gasteiger partial charge on any atom is -0.457 e. The zero-order valence-electron chi connectivity index (χ0n) is 26.8. The van der Waals surface area contributed by atoms with Crippen LogP contribution >= 0.6 is 0 Å². The van der Waals surface area contributed by atoms with Gasteiger partial charge in [-0.3, -0.25) is 9.59 Å². The first-order valence-corrected chi connectivity index (χ1v) is 15.6. The Balaban J connectivity index is 1.65. The first kappa shape index (κ1) is 35.1. The molecule has 0 aromatic carbocycles. The van der Waals surface area contributed by atoms with Gasteiger partial charge in [0.1, 0.15) is 24.1 Å². The van der Waals surface area contributed by atoms with Crippen LogP contribution in [0.1, 0.15) is 67.7 Å². The summed E-state index contributed by atoms with van der Waals surface area (Å²) in [7, 11) is 0. The quantitative estimate of drug-likeness (QED) is 0.129. The van der Waals surface area contributed by atoms with E-state index in [4.69, 9.17) is 38.7 Å². The summed E-state index contributed by atoms with van der Waals surface area (Å²) in [5, 5.41) is 7.83. The number of hydrogen-bond donors (Lipinski definition) is 0. The van der Waals surface area contributed by atoms with Gasteiger partial charge in [0.15, 0.2) is 30.8 Å². The Labute approximate surface area is 261 Å². The smallest absolute Gasteiger partial charge is 0.306 e. The molecule has 4 fully saturated rings. The van der Waals surface area contributed by atoms with E-state index in [0.717, 1.165) is 0 Å². The molecule has 2 bridgehead atoms. The van der Waals surface area contributed by atoms with Crippen molar-refractivity contribution in [3.63, 3.8) is 0 Å². The van der Waals surface area contributed by atoms with Gasteiger partial charge in [0, 0.05) is 22.2 Å². The van der Waals surface area contributed by atoms with E-state index < -0.39 is 73.4 Å². The molecule has 0 amide bonds. The third kappa shape index (κ3) is 7.61. The Bertz CT molecular complexity index is 1190. The lowest BCUT2D eigenvalue weighted by atomic mass is 9.81. The number of nitrogens with zero attached hydrogens (tertiary/aromatic N) is 6. The van der Waals surface area contributed by atoms with Gasteiger partial charge in [-0.25, -0.2) is 0 Å². The third-order valence-corrected chi connectivity index (χ3v) is 9.57. The van der Waals surface area contributed by atoms with Crippen LogP contribution in [0, 0.1) is 23.7 Å². The van der Waals surface area contributed by atoms with Crippen molar-refractivity contribution in [2.75, 3.05) is 6.61 Å². The van der Waals surface area contributed by atoms with E-state index in [1.165, 1.54) is 13.8 Å². The van der Waals surface area contributed by atoms with Gasteiger partial charge in [-0.1, -0.05) is 44.8 Å². The predicted molar refractivity (Wildman–Crippen MR) is 155 cm³/mol. The molecule has 16 heteroatoms. The number of esters is 1. The number of hydrogen-bond acceptors (Lipinski definition) is 12. The van der Waals surface area contributed by atoms with Crippen molar-refractivity contribution in [3.8, 4) is 0 Å². The average molecular weight is 637 g/mol. The van der Waals surface area contributed by atoms with Gasteiger partial charge in [0.2, 0.25) is 0 Å². The minimum absolute atomic E-state index is 0.0112. The van der Waals surface area contributed by atoms with Crippen molar-refractivity contribution in [3.05, 3.63) is 20.9 Å². The second-order valence-corrected chi connectivity index (χ2v) is 12.5. The Morgan fingerprint density at radius 3 is 2.09 bits per heavy atom. The maximum atomic E-state index is 13.1. The van der Waals surface area contributed by atoms with Crippen molar-refractivity contribution >= 4 is 17.5 Å². The van der Waals surface area contributed by atoms with Crippen molar-refractivity contribution < 1.29 is 47.5 Å². The second kappa shape index (κ2) is 15.2. The predicted octanol–water partition coefficient (Wildman–Crippen LogP) is 4.14. The summed E-state index contributed by atoms with van der Waals surface area (Å²) in [6.07, 6.45) is -7.09. The van der Waals surface area contributed by atoms with Gasteiger partial charge in [-0.05, 0) is 49.1 Å². The van der Waals surface area contributed by atoms with Crippen LogP contribution in [0.2, 0.25) is 0 Å². The van der Waals surface area contributed by atoms with E-state index in [0.29, 0.717) is 6.42 Å². The van der Waals surface area contributed by atoms with E-state index in [9.17, 15) is 19.9 Å². The fourth-order valence-corrected chi connectivity index (χ4v) is 6.68. The molecule has 4 aliphatic heterocycles. The van der Waals surface area contributed by atoms with Crippen LogP contribution in [0.4, 0.5) is 0 Å². The van der Waals surface area contributed by atoms with Crippen molar-refractivity contribution in [2.45, 2.75) is 135 Å². The maximum absolute atomic E-state index is 13.1. The Kier molecular flexibility index (Phi) is 11.8. The number of rotatable bonds is 12.